The second-order valence-electron chi connectivity index (χ2n) is 5.15. The number of anilines is 1. The van der Waals surface area contributed by atoms with E-state index in [9.17, 15) is 4.79 Å². The van der Waals surface area contributed by atoms with Crippen LogP contribution in [-0.4, -0.2) is 59.9 Å². The maximum atomic E-state index is 12.1. The van der Waals surface area contributed by atoms with Crippen LogP contribution in [0.3, 0.4) is 0 Å². The van der Waals surface area contributed by atoms with Crippen LogP contribution < -0.4 is 5.32 Å². The number of hydrogen-bond acceptors (Lipinski definition) is 5. The van der Waals surface area contributed by atoms with Crippen molar-refractivity contribution < 1.29 is 4.79 Å². The van der Waals surface area contributed by atoms with Crippen LogP contribution in [0.2, 0.25) is 0 Å². The molecule has 0 spiro atoms. The highest BCUT2D eigenvalue weighted by Crippen LogP contribution is 2.25. The van der Waals surface area contributed by atoms with E-state index in [1.807, 2.05) is 24.3 Å². The minimum Gasteiger partial charge on any atom is -0.308 e. The molecule has 2 heterocycles. The molecule has 1 aromatic carbocycles. The maximum Gasteiger partial charge on any atom is 0.239 e. The molecule has 1 amide bonds. The normalized spacial score (nSPS) is 16.6. The number of carbonyl (C=O) groups excluding carboxylic acids is 1. The summed E-state index contributed by atoms with van der Waals surface area (Å²) < 4.78 is 5.42. The van der Waals surface area contributed by atoms with E-state index < -0.39 is 0 Å². The van der Waals surface area contributed by atoms with Crippen molar-refractivity contribution in [2.24, 2.45) is 0 Å². The Bertz CT molecular complexity index is 610. The number of hydrogen-bond donors (Lipinski definition) is 1. The van der Waals surface area contributed by atoms with Gasteiger partial charge in [0.05, 0.1) is 11.2 Å². The number of nitrogens with zero attached hydrogens (tertiary/aromatic N) is 3. The fourth-order valence-corrected chi connectivity index (χ4v) is 3.09. The molecule has 5 nitrogen and oxygen atoms in total. The first-order valence-corrected chi connectivity index (χ1v) is 7.55. The Kier molecular flexibility index (Phi) is 5.52. The van der Waals surface area contributed by atoms with Crippen LogP contribution in [0.1, 0.15) is 0 Å². The summed E-state index contributed by atoms with van der Waals surface area (Å²) in [6.07, 6.45) is 0. The Balaban J connectivity index is 0.00000161. The molecule has 0 aliphatic carbocycles. The number of likely N-dealkylation sites (N-methyl/N-ethyl adjacent to an activating group) is 1. The summed E-state index contributed by atoms with van der Waals surface area (Å²) in [5.74, 6) is 0.704. The SMILES string of the molecule is CN1CCN(CC(=O)Nc2nsc3ccccc23)CC1.Cl. The van der Waals surface area contributed by atoms with E-state index in [1.54, 1.807) is 0 Å². The Labute approximate surface area is 134 Å². The monoisotopic (exact) mass is 326 g/mol. The lowest BCUT2D eigenvalue weighted by Gasteiger charge is -2.31. The number of piperazine rings is 1. The Morgan fingerprint density at radius 3 is 2.76 bits per heavy atom. The predicted octanol–water partition coefficient (Wildman–Crippen LogP) is 1.90. The first-order chi connectivity index (χ1) is 9.72. The number of carbonyl (C=O) groups is 1. The van der Waals surface area contributed by atoms with Crippen LogP contribution in [0, 0.1) is 0 Å². The molecule has 1 aliphatic heterocycles. The first kappa shape index (κ1) is 16.2. The fourth-order valence-electron chi connectivity index (χ4n) is 2.36. The molecule has 1 fully saturated rings. The van der Waals surface area contributed by atoms with Crippen LogP contribution >= 0.6 is 23.9 Å². The third-order valence-electron chi connectivity index (χ3n) is 3.60. The zero-order valence-corrected chi connectivity index (χ0v) is 13.5. The highest BCUT2D eigenvalue weighted by atomic mass is 35.5. The first-order valence-electron chi connectivity index (χ1n) is 6.77. The van der Waals surface area contributed by atoms with Gasteiger partial charge in [-0.05, 0) is 30.7 Å². The number of fused-ring (bicyclic) bond motifs is 1. The molecular weight excluding hydrogens is 308 g/mol. The summed E-state index contributed by atoms with van der Waals surface area (Å²) in [6, 6.07) is 7.95. The zero-order valence-electron chi connectivity index (χ0n) is 11.9. The van der Waals surface area contributed by atoms with Gasteiger partial charge in [-0.2, -0.15) is 4.37 Å². The molecule has 0 saturated carbocycles. The van der Waals surface area contributed by atoms with E-state index in [0.29, 0.717) is 12.4 Å². The molecular formula is C14H19ClN4OS. The van der Waals surface area contributed by atoms with Gasteiger partial charge in [0, 0.05) is 31.6 Å². The molecule has 0 radical (unpaired) electrons. The smallest absolute Gasteiger partial charge is 0.239 e. The largest absolute Gasteiger partial charge is 0.308 e. The molecule has 0 unspecified atom stereocenters. The van der Waals surface area contributed by atoms with Crippen molar-refractivity contribution in [2.45, 2.75) is 0 Å². The van der Waals surface area contributed by atoms with Gasteiger partial charge in [-0.15, -0.1) is 12.4 Å². The highest BCUT2D eigenvalue weighted by Gasteiger charge is 2.17. The second kappa shape index (κ2) is 7.17. The molecule has 7 heteroatoms. The van der Waals surface area contributed by atoms with Gasteiger partial charge in [-0.1, -0.05) is 12.1 Å². The van der Waals surface area contributed by atoms with E-state index in [1.165, 1.54) is 11.5 Å². The topological polar surface area (TPSA) is 48.5 Å². The van der Waals surface area contributed by atoms with Crippen molar-refractivity contribution >= 4 is 45.8 Å². The van der Waals surface area contributed by atoms with Crippen molar-refractivity contribution in [3.63, 3.8) is 0 Å². The molecule has 1 saturated heterocycles. The number of aromatic nitrogens is 1. The molecule has 21 heavy (non-hydrogen) atoms. The third kappa shape index (κ3) is 3.91. The van der Waals surface area contributed by atoms with Gasteiger partial charge in [-0.3, -0.25) is 9.69 Å². The minimum atomic E-state index is 0. The molecule has 0 atom stereocenters. The van der Waals surface area contributed by atoms with Crippen molar-refractivity contribution in [1.29, 1.82) is 0 Å². The Morgan fingerprint density at radius 1 is 1.29 bits per heavy atom. The quantitative estimate of drug-likeness (QED) is 0.936. The van der Waals surface area contributed by atoms with Gasteiger partial charge in [0.15, 0.2) is 5.82 Å². The van der Waals surface area contributed by atoms with Crippen LogP contribution in [0.15, 0.2) is 24.3 Å². The number of amides is 1. The lowest BCUT2D eigenvalue weighted by molar-refractivity contribution is -0.117. The van der Waals surface area contributed by atoms with E-state index >= 15 is 0 Å². The summed E-state index contributed by atoms with van der Waals surface area (Å²) in [6.45, 7) is 4.38. The van der Waals surface area contributed by atoms with Crippen molar-refractivity contribution in [2.75, 3.05) is 45.1 Å². The van der Waals surface area contributed by atoms with Gasteiger partial charge < -0.3 is 10.2 Å². The average molecular weight is 327 g/mol. The van der Waals surface area contributed by atoms with Crippen LogP contribution in [0.4, 0.5) is 5.82 Å². The maximum absolute atomic E-state index is 12.1. The zero-order chi connectivity index (χ0) is 13.9. The van der Waals surface area contributed by atoms with Crippen LogP contribution in [-0.2, 0) is 4.79 Å². The van der Waals surface area contributed by atoms with Gasteiger partial charge in [0.2, 0.25) is 5.91 Å². The summed E-state index contributed by atoms with van der Waals surface area (Å²) in [7, 11) is 2.11. The van der Waals surface area contributed by atoms with Gasteiger partial charge in [0.1, 0.15) is 0 Å². The van der Waals surface area contributed by atoms with E-state index in [2.05, 4.69) is 26.5 Å². The number of nitrogens with one attached hydrogen (secondary N) is 1. The van der Waals surface area contributed by atoms with Crippen molar-refractivity contribution in [1.82, 2.24) is 14.2 Å². The summed E-state index contributed by atoms with van der Waals surface area (Å²) in [5, 5.41) is 3.95. The van der Waals surface area contributed by atoms with E-state index in [0.717, 1.165) is 36.3 Å². The van der Waals surface area contributed by atoms with Gasteiger partial charge in [0.25, 0.3) is 0 Å². The average Bonchev–Trinajstić information content (AvgIpc) is 2.85. The lowest BCUT2D eigenvalue weighted by atomic mass is 10.2. The van der Waals surface area contributed by atoms with E-state index in [-0.39, 0.29) is 18.3 Å². The fraction of sp³-hybridized carbons (Fsp3) is 0.429. The predicted molar refractivity (Wildman–Crippen MR) is 89.4 cm³/mol. The standard InChI is InChI=1S/C14H18N4OS.ClH/c1-17-6-8-18(9-7-17)10-13(19)15-14-11-4-2-3-5-12(11)20-16-14;/h2-5H,6-10H2,1H3,(H,15,16,19);1H. The second-order valence-corrected chi connectivity index (χ2v) is 5.96. The number of rotatable bonds is 3. The molecule has 3 rings (SSSR count). The van der Waals surface area contributed by atoms with Gasteiger partial charge >= 0.3 is 0 Å². The molecule has 1 aromatic heterocycles. The Morgan fingerprint density at radius 2 is 2.00 bits per heavy atom. The van der Waals surface area contributed by atoms with E-state index in [4.69, 9.17) is 0 Å². The molecule has 1 N–H and O–H groups in total. The summed E-state index contributed by atoms with van der Waals surface area (Å²) in [4.78, 5) is 16.6. The molecule has 1 aliphatic rings. The molecule has 2 aromatic rings. The van der Waals surface area contributed by atoms with Gasteiger partial charge in [-0.25, -0.2) is 0 Å². The highest BCUT2D eigenvalue weighted by molar-refractivity contribution is 7.13. The molecule has 114 valence electrons. The third-order valence-corrected chi connectivity index (χ3v) is 4.42. The minimum absolute atomic E-state index is 0. The number of halogens is 1. The summed E-state index contributed by atoms with van der Waals surface area (Å²) in [5.41, 5.74) is 0. The molecule has 0 bridgehead atoms. The van der Waals surface area contributed by atoms with Crippen molar-refractivity contribution in [3.8, 4) is 0 Å². The van der Waals surface area contributed by atoms with Crippen LogP contribution in [0.5, 0.6) is 0 Å². The summed E-state index contributed by atoms with van der Waals surface area (Å²) >= 11 is 1.42. The lowest BCUT2D eigenvalue weighted by Crippen LogP contribution is -2.47. The Hall–Kier alpha value is -1.21. The number of benzene rings is 1. The van der Waals surface area contributed by atoms with Crippen LogP contribution in [0.25, 0.3) is 10.1 Å². The van der Waals surface area contributed by atoms with Crippen molar-refractivity contribution in [3.05, 3.63) is 24.3 Å².